The summed E-state index contributed by atoms with van der Waals surface area (Å²) < 4.78 is 0. The van der Waals surface area contributed by atoms with Gasteiger partial charge in [-0.1, -0.05) is 60.2 Å². The zero-order valence-electron chi connectivity index (χ0n) is 16.8. The molecule has 0 aliphatic rings. The Bertz CT molecular complexity index is 888. The molecule has 0 radical (unpaired) electrons. The predicted molar refractivity (Wildman–Crippen MR) is 116 cm³/mol. The fraction of sp³-hybridized carbons (Fsp3) is 0.304. The third-order valence-electron chi connectivity index (χ3n) is 4.57. The standard InChI is InChI=1S/C23H27N3OS/c1-18-9-11-20(12-10-18)23-24-21(17-28-23)15-22(27)26(14-13-25(2)3)16-19-7-5-4-6-8-19/h4-12,17H,13-16H2,1-3H3. The van der Waals surface area contributed by atoms with Gasteiger partial charge >= 0.3 is 0 Å². The van der Waals surface area contributed by atoms with E-state index in [0.717, 1.165) is 28.4 Å². The fourth-order valence-corrected chi connectivity index (χ4v) is 3.73. The lowest BCUT2D eigenvalue weighted by Crippen LogP contribution is -2.37. The number of carbonyl (C=O) groups is 1. The van der Waals surface area contributed by atoms with Crippen molar-refractivity contribution in [2.24, 2.45) is 0 Å². The Kier molecular flexibility index (Phi) is 6.95. The summed E-state index contributed by atoms with van der Waals surface area (Å²) in [6.45, 7) is 4.24. The number of aryl methyl sites for hydroxylation is 1. The van der Waals surface area contributed by atoms with E-state index < -0.39 is 0 Å². The molecule has 0 aliphatic carbocycles. The molecule has 0 bridgehead atoms. The lowest BCUT2D eigenvalue weighted by molar-refractivity contribution is -0.131. The molecule has 3 aromatic rings. The van der Waals surface area contributed by atoms with E-state index in [1.165, 1.54) is 5.56 Å². The highest BCUT2D eigenvalue weighted by Gasteiger charge is 2.17. The van der Waals surface area contributed by atoms with Crippen LogP contribution in [-0.2, 0) is 17.8 Å². The topological polar surface area (TPSA) is 36.4 Å². The minimum atomic E-state index is 0.117. The molecular weight excluding hydrogens is 366 g/mol. The first-order valence-corrected chi connectivity index (χ1v) is 10.4. The number of hydrogen-bond donors (Lipinski definition) is 0. The van der Waals surface area contributed by atoms with Crippen molar-refractivity contribution in [3.05, 3.63) is 76.8 Å². The van der Waals surface area contributed by atoms with Crippen LogP contribution >= 0.6 is 11.3 Å². The molecule has 1 aromatic heterocycles. The van der Waals surface area contributed by atoms with Crippen LogP contribution in [0.25, 0.3) is 10.6 Å². The van der Waals surface area contributed by atoms with Gasteiger partial charge in [-0.3, -0.25) is 4.79 Å². The molecule has 0 N–H and O–H groups in total. The molecule has 28 heavy (non-hydrogen) atoms. The Labute approximate surface area is 171 Å². The maximum Gasteiger partial charge on any atom is 0.228 e. The van der Waals surface area contributed by atoms with Gasteiger partial charge in [0.05, 0.1) is 12.1 Å². The molecular formula is C23H27N3OS. The van der Waals surface area contributed by atoms with Gasteiger partial charge in [0.2, 0.25) is 5.91 Å². The Morgan fingerprint density at radius 1 is 1.00 bits per heavy atom. The molecule has 3 rings (SSSR count). The lowest BCUT2D eigenvalue weighted by Gasteiger charge is -2.24. The molecule has 0 saturated heterocycles. The molecule has 0 saturated carbocycles. The van der Waals surface area contributed by atoms with Crippen LogP contribution in [0.15, 0.2) is 60.0 Å². The van der Waals surface area contributed by atoms with E-state index in [1.807, 2.05) is 42.6 Å². The van der Waals surface area contributed by atoms with Gasteiger partial charge in [-0.05, 0) is 26.6 Å². The smallest absolute Gasteiger partial charge is 0.228 e. The number of benzene rings is 2. The van der Waals surface area contributed by atoms with Gasteiger partial charge in [0, 0.05) is 30.6 Å². The minimum Gasteiger partial charge on any atom is -0.337 e. The average molecular weight is 394 g/mol. The molecule has 0 spiro atoms. The van der Waals surface area contributed by atoms with Crippen molar-refractivity contribution >= 4 is 17.2 Å². The summed E-state index contributed by atoms with van der Waals surface area (Å²) in [7, 11) is 4.05. The first kappa shape index (κ1) is 20.2. The summed E-state index contributed by atoms with van der Waals surface area (Å²) in [6.07, 6.45) is 0.336. The second-order valence-corrected chi connectivity index (χ2v) is 8.15. The molecule has 146 valence electrons. The maximum atomic E-state index is 13.0. The van der Waals surface area contributed by atoms with Gasteiger partial charge in [-0.15, -0.1) is 11.3 Å². The Hall–Kier alpha value is -2.50. The van der Waals surface area contributed by atoms with Crippen molar-refractivity contribution in [2.45, 2.75) is 19.9 Å². The highest BCUT2D eigenvalue weighted by Crippen LogP contribution is 2.24. The van der Waals surface area contributed by atoms with E-state index in [2.05, 4.69) is 48.2 Å². The minimum absolute atomic E-state index is 0.117. The molecule has 1 heterocycles. The van der Waals surface area contributed by atoms with E-state index in [9.17, 15) is 4.79 Å². The van der Waals surface area contributed by atoms with Crippen molar-refractivity contribution in [1.82, 2.24) is 14.8 Å². The van der Waals surface area contributed by atoms with Gasteiger partial charge in [0.1, 0.15) is 5.01 Å². The van der Waals surface area contributed by atoms with Crippen molar-refractivity contribution in [2.75, 3.05) is 27.2 Å². The maximum absolute atomic E-state index is 13.0. The van der Waals surface area contributed by atoms with Crippen LogP contribution in [0.1, 0.15) is 16.8 Å². The molecule has 1 amide bonds. The van der Waals surface area contributed by atoms with Crippen LogP contribution in [0.3, 0.4) is 0 Å². The molecule has 0 unspecified atom stereocenters. The largest absolute Gasteiger partial charge is 0.337 e. The number of likely N-dealkylation sites (N-methyl/N-ethyl adjacent to an activating group) is 1. The van der Waals surface area contributed by atoms with Crippen LogP contribution in [0.4, 0.5) is 0 Å². The third-order valence-corrected chi connectivity index (χ3v) is 5.51. The number of rotatable bonds is 8. The summed E-state index contributed by atoms with van der Waals surface area (Å²) in [6, 6.07) is 18.5. The molecule has 0 atom stereocenters. The van der Waals surface area contributed by atoms with Crippen LogP contribution in [0.5, 0.6) is 0 Å². The van der Waals surface area contributed by atoms with E-state index in [1.54, 1.807) is 11.3 Å². The van der Waals surface area contributed by atoms with Crippen LogP contribution in [-0.4, -0.2) is 47.9 Å². The first-order chi connectivity index (χ1) is 13.5. The summed E-state index contributed by atoms with van der Waals surface area (Å²) >= 11 is 1.59. The van der Waals surface area contributed by atoms with E-state index in [-0.39, 0.29) is 5.91 Å². The molecule has 5 heteroatoms. The number of hydrogen-bond acceptors (Lipinski definition) is 4. The average Bonchev–Trinajstić information content (AvgIpc) is 3.14. The van der Waals surface area contributed by atoms with E-state index >= 15 is 0 Å². The predicted octanol–water partition coefficient (Wildman–Crippen LogP) is 4.25. The normalized spacial score (nSPS) is 11.0. The lowest BCUT2D eigenvalue weighted by atomic mass is 10.1. The van der Waals surface area contributed by atoms with Crippen LogP contribution in [0.2, 0.25) is 0 Å². The third kappa shape index (κ3) is 5.75. The number of amides is 1. The number of nitrogens with zero attached hydrogens (tertiary/aromatic N) is 3. The van der Waals surface area contributed by atoms with Crippen molar-refractivity contribution in [3.63, 3.8) is 0 Å². The van der Waals surface area contributed by atoms with Gasteiger partial charge < -0.3 is 9.80 Å². The van der Waals surface area contributed by atoms with Gasteiger partial charge in [0.25, 0.3) is 0 Å². The van der Waals surface area contributed by atoms with Gasteiger partial charge in [-0.2, -0.15) is 0 Å². The summed E-state index contributed by atoms with van der Waals surface area (Å²) in [5, 5.41) is 2.96. The van der Waals surface area contributed by atoms with Crippen LogP contribution in [0, 0.1) is 6.92 Å². The van der Waals surface area contributed by atoms with Gasteiger partial charge in [0.15, 0.2) is 0 Å². The zero-order chi connectivity index (χ0) is 19.9. The van der Waals surface area contributed by atoms with E-state index in [0.29, 0.717) is 19.5 Å². The Morgan fingerprint density at radius 3 is 2.39 bits per heavy atom. The first-order valence-electron chi connectivity index (χ1n) is 9.49. The molecule has 4 nitrogen and oxygen atoms in total. The van der Waals surface area contributed by atoms with Crippen LogP contribution < -0.4 is 0 Å². The summed E-state index contributed by atoms with van der Waals surface area (Å²) in [5.41, 5.74) is 4.32. The summed E-state index contributed by atoms with van der Waals surface area (Å²) in [5.74, 6) is 0.117. The molecule has 2 aromatic carbocycles. The fourth-order valence-electron chi connectivity index (χ4n) is 2.90. The Balaban J connectivity index is 1.69. The zero-order valence-corrected chi connectivity index (χ0v) is 17.6. The van der Waals surface area contributed by atoms with Gasteiger partial charge in [-0.25, -0.2) is 4.98 Å². The van der Waals surface area contributed by atoms with E-state index in [4.69, 9.17) is 4.98 Å². The highest BCUT2D eigenvalue weighted by atomic mass is 32.1. The quantitative estimate of drug-likeness (QED) is 0.574. The monoisotopic (exact) mass is 393 g/mol. The second-order valence-electron chi connectivity index (χ2n) is 7.29. The van der Waals surface area contributed by atoms with Crippen molar-refractivity contribution in [1.29, 1.82) is 0 Å². The summed E-state index contributed by atoms with van der Waals surface area (Å²) in [4.78, 5) is 21.7. The second kappa shape index (κ2) is 9.62. The number of carbonyl (C=O) groups excluding carboxylic acids is 1. The SMILES string of the molecule is Cc1ccc(-c2nc(CC(=O)N(CCN(C)C)Cc3ccccc3)cs2)cc1. The van der Waals surface area contributed by atoms with Crippen molar-refractivity contribution < 1.29 is 4.79 Å². The molecule has 0 fully saturated rings. The Morgan fingerprint density at radius 2 is 1.71 bits per heavy atom. The number of aromatic nitrogens is 1. The molecule has 0 aliphatic heterocycles. The number of thiazole rings is 1. The highest BCUT2D eigenvalue weighted by molar-refractivity contribution is 7.13. The van der Waals surface area contributed by atoms with Crippen molar-refractivity contribution in [3.8, 4) is 10.6 Å².